The van der Waals surface area contributed by atoms with Crippen molar-refractivity contribution in [2.45, 2.75) is 39.7 Å². The van der Waals surface area contributed by atoms with Crippen LogP contribution in [0.5, 0.6) is 5.75 Å². The fourth-order valence-electron chi connectivity index (χ4n) is 4.04. The van der Waals surface area contributed by atoms with E-state index in [9.17, 15) is 14.4 Å². The molecule has 1 atom stereocenters. The van der Waals surface area contributed by atoms with Crippen molar-refractivity contribution in [2.24, 2.45) is 5.92 Å². The topological polar surface area (TPSA) is 118 Å². The lowest BCUT2D eigenvalue weighted by Crippen LogP contribution is -2.43. The van der Waals surface area contributed by atoms with E-state index in [-0.39, 0.29) is 29.8 Å². The maximum Gasteiger partial charge on any atom is 0.273 e. The Labute approximate surface area is 207 Å². The Balaban J connectivity index is 1.48. The van der Waals surface area contributed by atoms with Crippen molar-refractivity contribution in [1.82, 2.24) is 19.9 Å². The maximum absolute atomic E-state index is 13.1. The molecule has 1 aromatic carbocycles. The summed E-state index contributed by atoms with van der Waals surface area (Å²) in [5.74, 6) is 0.173. The minimum atomic E-state index is -0.359. The molecule has 0 radical (unpaired) electrons. The highest BCUT2D eigenvalue weighted by atomic mass is 32.1. The minimum absolute atomic E-state index is 0.0649. The summed E-state index contributed by atoms with van der Waals surface area (Å²) >= 11 is 1.25. The molecule has 1 aliphatic heterocycles. The van der Waals surface area contributed by atoms with E-state index in [0.29, 0.717) is 46.6 Å². The quantitative estimate of drug-likeness (QED) is 0.466. The summed E-state index contributed by atoms with van der Waals surface area (Å²) in [5, 5.41) is 6.44. The number of rotatable bonds is 9. The molecule has 0 saturated carbocycles. The molecule has 0 unspecified atom stereocenters. The van der Waals surface area contributed by atoms with Crippen molar-refractivity contribution in [3.05, 3.63) is 40.9 Å². The normalized spacial score (nSPS) is 15.7. The third kappa shape index (κ3) is 5.79. The third-order valence-corrected chi connectivity index (χ3v) is 6.85. The van der Waals surface area contributed by atoms with Gasteiger partial charge in [0.05, 0.1) is 18.2 Å². The fraction of sp³-hybridized carbons (Fsp3) is 0.458. The van der Waals surface area contributed by atoms with Crippen molar-refractivity contribution in [1.29, 1.82) is 0 Å². The van der Waals surface area contributed by atoms with Gasteiger partial charge >= 0.3 is 0 Å². The molecule has 0 bridgehead atoms. The first kappa shape index (κ1) is 24.6. The van der Waals surface area contributed by atoms with E-state index in [4.69, 9.17) is 4.74 Å². The van der Waals surface area contributed by atoms with Crippen LogP contribution in [0.15, 0.2) is 35.4 Å². The second kappa shape index (κ2) is 11.3. The number of para-hydroxylation sites is 2. The van der Waals surface area contributed by atoms with Crippen LogP contribution in [0, 0.1) is 5.92 Å². The van der Waals surface area contributed by atoms with Crippen LogP contribution in [0.25, 0.3) is 10.3 Å². The average Bonchev–Trinajstić information content (AvgIpc) is 3.31. The van der Waals surface area contributed by atoms with Gasteiger partial charge in [-0.05, 0) is 38.3 Å². The Morgan fingerprint density at radius 1 is 1.26 bits per heavy atom. The van der Waals surface area contributed by atoms with Gasteiger partial charge in [0.2, 0.25) is 11.8 Å². The molecular formula is C24H30N6O4S. The molecule has 0 spiro atoms. The lowest BCUT2D eigenvalue weighted by atomic mass is 9.97. The van der Waals surface area contributed by atoms with Gasteiger partial charge in [-0.2, -0.15) is 4.98 Å². The highest BCUT2D eigenvalue weighted by Gasteiger charge is 2.28. The number of benzene rings is 1. The van der Waals surface area contributed by atoms with Crippen molar-refractivity contribution in [2.75, 3.05) is 36.5 Å². The van der Waals surface area contributed by atoms with Crippen molar-refractivity contribution < 1.29 is 14.3 Å². The number of nitrogens with zero attached hydrogens (tertiary/aromatic N) is 4. The Bertz CT molecular complexity index is 1260. The highest BCUT2D eigenvalue weighted by molar-refractivity contribution is 7.22. The first-order valence-electron chi connectivity index (χ1n) is 11.9. The number of anilines is 2. The third-order valence-electron chi connectivity index (χ3n) is 5.76. The molecule has 2 aromatic heterocycles. The molecule has 35 heavy (non-hydrogen) atoms. The number of hydrogen-bond donors (Lipinski definition) is 2. The first-order valence-corrected chi connectivity index (χ1v) is 12.7. The lowest BCUT2D eigenvalue weighted by Gasteiger charge is -2.31. The van der Waals surface area contributed by atoms with E-state index < -0.39 is 0 Å². The number of carbonyl (C=O) groups is 2. The number of aromatic nitrogens is 3. The van der Waals surface area contributed by atoms with Crippen LogP contribution in [-0.2, 0) is 16.1 Å². The number of thiazole rings is 1. The number of hydrogen-bond acceptors (Lipinski definition) is 8. The molecule has 11 heteroatoms. The van der Waals surface area contributed by atoms with E-state index in [1.54, 1.807) is 18.2 Å². The van der Waals surface area contributed by atoms with Crippen molar-refractivity contribution in [3.63, 3.8) is 0 Å². The summed E-state index contributed by atoms with van der Waals surface area (Å²) in [6.07, 6.45) is 3.96. The predicted molar refractivity (Wildman–Crippen MR) is 136 cm³/mol. The molecule has 2 amide bonds. The average molecular weight is 499 g/mol. The van der Waals surface area contributed by atoms with Crippen LogP contribution >= 0.6 is 11.3 Å². The van der Waals surface area contributed by atoms with Gasteiger partial charge in [-0.25, -0.2) is 4.98 Å². The number of amides is 2. The van der Waals surface area contributed by atoms with Crippen molar-refractivity contribution >= 4 is 44.3 Å². The zero-order chi connectivity index (χ0) is 24.8. The standard InChI is InChI=1S/C24H30N6O4S/c1-3-11-25-22(32)16-8-7-12-29(13-16)24-28-21-20(35-24)23(33)30(15-26-21)14-19(31)27-17-9-5-6-10-18(17)34-4-2/h5-6,9-10,15-16H,3-4,7-8,11-14H2,1-2H3,(H,25,32)(H,27,31)/t16-/m1/s1. The molecule has 4 rings (SSSR count). The first-order chi connectivity index (χ1) is 17.0. The van der Waals surface area contributed by atoms with Gasteiger partial charge in [0, 0.05) is 19.6 Å². The molecule has 2 N–H and O–H groups in total. The summed E-state index contributed by atoms with van der Waals surface area (Å²) in [6.45, 7) is 6.19. The smallest absolute Gasteiger partial charge is 0.273 e. The van der Waals surface area contributed by atoms with E-state index in [2.05, 4.69) is 20.6 Å². The summed E-state index contributed by atoms with van der Waals surface area (Å²) in [6, 6.07) is 7.15. The van der Waals surface area contributed by atoms with Gasteiger partial charge < -0.3 is 20.3 Å². The Kier molecular flexibility index (Phi) is 7.96. The lowest BCUT2D eigenvalue weighted by molar-refractivity contribution is -0.125. The van der Waals surface area contributed by atoms with Crippen molar-refractivity contribution in [3.8, 4) is 5.75 Å². The van der Waals surface area contributed by atoms with Gasteiger partial charge in [0.25, 0.3) is 5.56 Å². The fourth-order valence-corrected chi connectivity index (χ4v) is 5.04. The molecule has 1 saturated heterocycles. The van der Waals surface area contributed by atoms with Crippen LogP contribution in [0.1, 0.15) is 33.1 Å². The molecule has 1 fully saturated rings. The Morgan fingerprint density at radius 2 is 2.09 bits per heavy atom. The molecule has 1 aliphatic rings. The van der Waals surface area contributed by atoms with E-state index in [0.717, 1.165) is 25.8 Å². The zero-order valence-electron chi connectivity index (χ0n) is 20.0. The number of fused-ring (bicyclic) bond motifs is 1. The van der Waals surface area contributed by atoms with Crippen LogP contribution in [0.4, 0.5) is 10.8 Å². The van der Waals surface area contributed by atoms with E-state index in [1.807, 2.05) is 24.8 Å². The van der Waals surface area contributed by atoms with Crippen LogP contribution in [0.3, 0.4) is 0 Å². The zero-order valence-corrected chi connectivity index (χ0v) is 20.8. The van der Waals surface area contributed by atoms with Crippen LogP contribution in [-0.4, -0.2) is 52.6 Å². The second-order valence-corrected chi connectivity index (χ2v) is 9.36. The molecular weight excluding hydrogens is 468 g/mol. The van der Waals surface area contributed by atoms with Gasteiger partial charge in [0.15, 0.2) is 10.8 Å². The Morgan fingerprint density at radius 3 is 2.89 bits per heavy atom. The van der Waals surface area contributed by atoms with E-state index >= 15 is 0 Å². The highest BCUT2D eigenvalue weighted by Crippen LogP contribution is 2.29. The summed E-state index contributed by atoms with van der Waals surface area (Å²) < 4.78 is 7.21. The number of nitrogens with one attached hydrogen (secondary N) is 2. The SMILES string of the molecule is CCCNC(=O)[C@@H]1CCCN(c2nc3ncn(CC(=O)Nc4ccccc4OCC)c(=O)c3s2)C1. The minimum Gasteiger partial charge on any atom is -0.492 e. The van der Waals surface area contributed by atoms with Crippen LogP contribution in [0.2, 0.25) is 0 Å². The van der Waals surface area contributed by atoms with Gasteiger partial charge in [-0.3, -0.25) is 19.0 Å². The molecule has 0 aliphatic carbocycles. The number of carbonyl (C=O) groups excluding carboxylic acids is 2. The number of ether oxygens (including phenoxy) is 1. The molecule has 3 aromatic rings. The summed E-state index contributed by atoms with van der Waals surface area (Å²) in [7, 11) is 0. The van der Waals surface area contributed by atoms with Gasteiger partial charge in [-0.1, -0.05) is 30.4 Å². The van der Waals surface area contributed by atoms with Gasteiger partial charge in [0.1, 0.15) is 23.3 Å². The molecule has 186 valence electrons. The maximum atomic E-state index is 13.1. The monoisotopic (exact) mass is 498 g/mol. The molecule has 10 nitrogen and oxygen atoms in total. The number of piperidine rings is 1. The van der Waals surface area contributed by atoms with Crippen LogP contribution < -0.4 is 25.8 Å². The van der Waals surface area contributed by atoms with E-state index in [1.165, 1.54) is 22.2 Å². The second-order valence-electron chi connectivity index (χ2n) is 8.38. The largest absolute Gasteiger partial charge is 0.492 e. The summed E-state index contributed by atoms with van der Waals surface area (Å²) in [4.78, 5) is 49.1. The predicted octanol–water partition coefficient (Wildman–Crippen LogP) is 2.63. The molecule has 3 heterocycles. The van der Waals surface area contributed by atoms with Gasteiger partial charge in [-0.15, -0.1) is 0 Å². The Hall–Kier alpha value is -3.47. The summed E-state index contributed by atoms with van der Waals surface area (Å²) in [5.41, 5.74) is 0.580.